The maximum Gasteiger partial charge on any atom is 0.291 e. The zero-order chi connectivity index (χ0) is 21.0. The standard InChI is InChI=1S/C21H27N5O3/c1-4-13(2)22-20(28)18-17-7-5-6-12-26(17)19(25-18)21(29)24-16-10-8-15(9-11-16)23-14(3)27/h8-11,13H,4-7,12H2,1-3H3,(H,22,28)(H,23,27)(H,24,29). The molecule has 3 N–H and O–H groups in total. The van der Waals surface area contributed by atoms with Crippen molar-refractivity contribution in [2.45, 2.75) is 59.0 Å². The Morgan fingerprint density at radius 3 is 2.34 bits per heavy atom. The van der Waals surface area contributed by atoms with Crippen molar-refractivity contribution in [3.05, 3.63) is 41.5 Å². The van der Waals surface area contributed by atoms with Crippen LogP contribution in [0.15, 0.2) is 24.3 Å². The lowest BCUT2D eigenvalue weighted by molar-refractivity contribution is -0.114. The third kappa shape index (κ3) is 4.82. The number of amides is 3. The van der Waals surface area contributed by atoms with E-state index in [1.54, 1.807) is 24.3 Å². The van der Waals surface area contributed by atoms with Crippen molar-refractivity contribution >= 4 is 29.1 Å². The quantitative estimate of drug-likeness (QED) is 0.697. The summed E-state index contributed by atoms with van der Waals surface area (Å²) in [7, 11) is 0. The van der Waals surface area contributed by atoms with Gasteiger partial charge in [0.15, 0.2) is 5.82 Å². The average molecular weight is 397 g/mol. The van der Waals surface area contributed by atoms with Crippen LogP contribution >= 0.6 is 0 Å². The molecule has 0 aliphatic carbocycles. The van der Waals surface area contributed by atoms with Crippen molar-refractivity contribution < 1.29 is 14.4 Å². The SMILES string of the molecule is CCC(C)NC(=O)c1nc(C(=O)Nc2ccc(NC(C)=O)cc2)n2c1CCCC2. The van der Waals surface area contributed by atoms with Gasteiger partial charge in [-0.15, -0.1) is 0 Å². The number of hydrogen-bond acceptors (Lipinski definition) is 4. The van der Waals surface area contributed by atoms with E-state index in [1.807, 2.05) is 18.4 Å². The summed E-state index contributed by atoms with van der Waals surface area (Å²) >= 11 is 0. The molecule has 8 nitrogen and oxygen atoms in total. The van der Waals surface area contributed by atoms with Gasteiger partial charge in [-0.1, -0.05) is 6.92 Å². The molecule has 0 bridgehead atoms. The lowest BCUT2D eigenvalue weighted by Gasteiger charge is -2.17. The molecule has 8 heteroatoms. The maximum absolute atomic E-state index is 12.9. The van der Waals surface area contributed by atoms with E-state index in [1.165, 1.54) is 6.92 Å². The highest BCUT2D eigenvalue weighted by Crippen LogP contribution is 2.22. The summed E-state index contributed by atoms with van der Waals surface area (Å²) in [5, 5.41) is 8.45. The fourth-order valence-corrected chi connectivity index (χ4v) is 3.32. The van der Waals surface area contributed by atoms with Crippen molar-refractivity contribution in [3.8, 4) is 0 Å². The van der Waals surface area contributed by atoms with Crippen LogP contribution in [-0.2, 0) is 17.8 Å². The predicted octanol–water partition coefficient (Wildman–Crippen LogP) is 2.96. The molecular formula is C21H27N5O3. The molecule has 1 aromatic carbocycles. The van der Waals surface area contributed by atoms with Gasteiger partial charge in [-0.05, 0) is 56.9 Å². The lowest BCUT2D eigenvalue weighted by atomic mass is 10.1. The van der Waals surface area contributed by atoms with Gasteiger partial charge in [-0.2, -0.15) is 0 Å². The van der Waals surface area contributed by atoms with E-state index in [9.17, 15) is 14.4 Å². The molecule has 3 amide bonds. The second kappa shape index (κ2) is 8.89. The predicted molar refractivity (Wildman–Crippen MR) is 111 cm³/mol. The van der Waals surface area contributed by atoms with Gasteiger partial charge in [0.1, 0.15) is 5.69 Å². The van der Waals surface area contributed by atoms with Crippen LogP contribution in [0.3, 0.4) is 0 Å². The highest BCUT2D eigenvalue weighted by Gasteiger charge is 2.27. The molecule has 0 saturated heterocycles. The average Bonchev–Trinajstić information content (AvgIpc) is 3.09. The highest BCUT2D eigenvalue weighted by molar-refractivity contribution is 6.04. The maximum atomic E-state index is 12.9. The fourth-order valence-electron chi connectivity index (χ4n) is 3.32. The Bertz CT molecular complexity index is 917. The van der Waals surface area contributed by atoms with Crippen molar-refractivity contribution in [1.29, 1.82) is 0 Å². The number of carbonyl (C=O) groups excluding carboxylic acids is 3. The van der Waals surface area contributed by atoms with E-state index in [-0.39, 0.29) is 29.6 Å². The second-order valence-corrected chi connectivity index (χ2v) is 7.33. The Morgan fingerprint density at radius 2 is 1.72 bits per heavy atom. The van der Waals surface area contributed by atoms with Crippen LogP contribution in [0.1, 0.15) is 66.8 Å². The molecule has 0 spiro atoms. The minimum atomic E-state index is -0.358. The zero-order valence-electron chi connectivity index (χ0n) is 17.0. The van der Waals surface area contributed by atoms with E-state index in [2.05, 4.69) is 20.9 Å². The van der Waals surface area contributed by atoms with E-state index in [0.717, 1.165) is 31.4 Å². The summed E-state index contributed by atoms with van der Waals surface area (Å²) < 4.78 is 1.86. The van der Waals surface area contributed by atoms with Crippen LogP contribution < -0.4 is 16.0 Å². The molecule has 1 aliphatic heterocycles. The molecule has 2 aromatic rings. The minimum absolute atomic E-state index is 0.0443. The first kappa shape index (κ1) is 20.6. The largest absolute Gasteiger partial charge is 0.348 e. The van der Waals surface area contributed by atoms with E-state index in [0.29, 0.717) is 23.6 Å². The van der Waals surface area contributed by atoms with Gasteiger partial charge in [-0.25, -0.2) is 4.98 Å². The molecule has 1 aliphatic rings. The number of benzene rings is 1. The van der Waals surface area contributed by atoms with Gasteiger partial charge < -0.3 is 20.5 Å². The first-order valence-electron chi connectivity index (χ1n) is 9.98. The van der Waals surface area contributed by atoms with Gasteiger partial charge in [0.05, 0.1) is 5.69 Å². The molecule has 0 radical (unpaired) electrons. The number of nitrogens with one attached hydrogen (secondary N) is 3. The number of imidazole rings is 1. The molecule has 1 unspecified atom stereocenters. The topological polar surface area (TPSA) is 105 Å². The molecule has 29 heavy (non-hydrogen) atoms. The smallest absolute Gasteiger partial charge is 0.291 e. The van der Waals surface area contributed by atoms with Crippen molar-refractivity contribution in [2.24, 2.45) is 0 Å². The first-order chi connectivity index (χ1) is 13.9. The highest BCUT2D eigenvalue weighted by atomic mass is 16.2. The molecule has 1 aromatic heterocycles. The monoisotopic (exact) mass is 397 g/mol. The van der Waals surface area contributed by atoms with Crippen molar-refractivity contribution in [1.82, 2.24) is 14.9 Å². The number of hydrogen-bond donors (Lipinski definition) is 3. The summed E-state index contributed by atoms with van der Waals surface area (Å²) in [6.07, 6.45) is 3.47. The summed E-state index contributed by atoms with van der Waals surface area (Å²) in [5.74, 6) is -0.499. The van der Waals surface area contributed by atoms with Gasteiger partial charge in [-0.3, -0.25) is 14.4 Å². The summed E-state index contributed by atoms with van der Waals surface area (Å²) in [5.41, 5.74) is 2.40. The zero-order valence-corrected chi connectivity index (χ0v) is 17.0. The van der Waals surface area contributed by atoms with Crippen LogP contribution in [0.4, 0.5) is 11.4 Å². The Hall–Kier alpha value is -3.16. The van der Waals surface area contributed by atoms with Gasteiger partial charge in [0.25, 0.3) is 11.8 Å². The van der Waals surface area contributed by atoms with Crippen LogP contribution in [0.25, 0.3) is 0 Å². The van der Waals surface area contributed by atoms with E-state index >= 15 is 0 Å². The number of rotatable bonds is 6. The molecule has 3 rings (SSSR count). The third-order valence-electron chi connectivity index (χ3n) is 4.99. The lowest BCUT2D eigenvalue weighted by Crippen LogP contribution is -2.33. The van der Waals surface area contributed by atoms with Crippen molar-refractivity contribution in [2.75, 3.05) is 10.6 Å². The summed E-state index contributed by atoms with van der Waals surface area (Å²) in [6.45, 7) is 6.05. The van der Waals surface area contributed by atoms with Gasteiger partial charge in [0.2, 0.25) is 5.91 Å². The van der Waals surface area contributed by atoms with Crippen LogP contribution in [-0.4, -0.2) is 33.3 Å². The first-order valence-corrected chi connectivity index (χ1v) is 9.98. The molecule has 0 fully saturated rings. The molecule has 2 heterocycles. The van der Waals surface area contributed by atoms with E-state index < -0.39 is 0 Å². The normalized spacial score (nSPS) is 13.9. The summed E-state index contributed by atoms with van der Waals surface area (Å²) in [4.78, 5) is 41.0. The van der Waals surface area contributed by atoms with Crippen LogP contribution in [0.5, 0.6) is 0 Å². The minimum Gasteiger partial charge on any atom is -0.348 e. The van der Waals surface area contributed by atoms with Crippen LogP contribution in [0.2, 0.25) is 0 Å². The Labute approximate surface area is 170 Å². The number of carbonyl (C=O) groups is 3. The third-order valence-corrected chi connectivity index (χ3v) is 4.99. The van der Waals surface area contributed by atoms with Gasteiger partial charge in [0, 0.05) is 30.9 Å². The van der Waals surface area contributed by atoms with Crippen molar-refractivity contribution in [3.63, 3.8) is 0 Å². The molecule has 0 saturated carbocycles. The fraction of sp³-hybridized carbons (Fsp3) is 0.429. The van der Waals surface area contributed by atoms with E-state index in [4.69, 9.17) is 0 Å². The molecular weight excluding hydrogens is 370 g/mol. The summed E-state index contributed by atoms with van der Waals surface area (Å²) in [6, 6.07) is 6.88. The Kier molecular flexibility index (Phi) is 6.31. The number of anilines is 2. The Balaban J connectivity index is 1.81. The molecule has 1 atom stereocenters. The molecule has 154 valence electrons. The number of fused-ring (bicyclic) bond motifs is 1. The number of aromatic nitrogens is 2. The Morgan fingerprint density at radius 1 is 1.07 bits per heavy atom. The number of nitrogens with zero attached hydrogens (tertiary/aromatic N) is 2. The second-order valence-electron chi connectivity index (χ2n) is 7.33. The van der Waals surface area contributed by atoms with Crippen LogP contribution in [0, 0.1) is 0 Å². The van der Waals surface area contributed by atoms with Gasteiger partial charge >= 0.3 is 0 Å².